The molecule has 0 saturated heterocycles. The number of hydrogen-bond acceptors (Lipinski definition) is 5. The van der Waals surface area contributed by atoms with Crippen LogP contribution in [0.5, 0.6) is 0 Å². The second-order valence-electron chi connectivity index (χ2n) is 11.0. The van der Waals surface area contributed by atoms with Gasteiger partial charge in [0, 0.05) is 48.0 Å². The van der Waals surface area contributed by atoms with Gasteiger partial charge >= 0.3 is 0 Å². The highest BCUT2D eigenvalue weighted by molar-refractivity contribution is 5.62. The van der Waals surface area contributed by atoms with Gasteiger partial charge in [-0.05, 0) is 106 Å². The molecule has 4 aromatic carbocycles. The van der Waals surface area contributed by atoms with E-state index in [4.69, 9.17) is 9.47 Å². The first-order chi connectivity index (χ1) is 20.6. The van der Waals surface area contributed by atoms with Gasteiger partial charge in [-0.25, -0.2) is 0 Å². The molecule has 5 heteroatoms. The van der Waals surface area contributed by atoms with Crippen molar-refractivity contribution in [2.75, 3.05) is 42.4 Å². The maximum Gasteiger partial charge on any atom is 0.0700 e. The molecule has 0 fully saturated rings. The molecule has 3 N–H and O–H groups in total. The highest BCUT2D eigenvalue weighted by atomic mass is 16.5. The fourth-order valence-corrected chi connectivity index (χ4v) is 4.91. The normalized spacial score (nSPS) is 12.4. The lowest BCUT2D eigenvalue weighted by atomic mass is 10.0. The molecule has 42 heavy (non-hydrogen) atoms. The molecule has 0 heterocycles. The second-order valence-corrected chi connectivity index (χ2v) is 11.0. The van der Waals surface area contributed by atoms with E-state index in [1.54, 1.807) is 0 Å². The maximum absolute atomic E-state index is 5.79. The van der Waals surface area contributed by atoms with Crippen molar-refractivity contribution in [1.29, 1.82) is 0 Å². The van der Waals surface area contributed by atoms with Gasteiger partial charge in [0.2, 0.25) is 0 Å². The molecule has 4 aromatic rings. The molecule has 0 saturated carbocycles. The summed E-state index contributed by atoms with van der Waals surface area (Å²) >= 11 is 0. The number of ether oxygens (including phenoxy) is 2. The van der Waals surface area contributed by atoms with Crippen molar-refractivity contribution in [1.82, 2.24) is 0 Å². The lowest BCUT2D eigenvalue weighted by Crippen LogP contribution is -2.17. The summed E-state index contributed by atoms with van der Waals surface area (Å²) in [5.41, 5.74) is 7.16. The topological polar surface area (TPSA) is 54.6 Å². The quantitative estimate of drug-likeness (QED) is 0.0991. The predicted octanol–water partition coefficient (Wildman–Crippen LogP) is 8.92. The van der Waals surface area contributed by atoms with Crippen molar-refractivity contribution in [3.8, 4) is 0 Å². The SMILES string of the molecule is CC(CCCOCCOCCCC(C)Nc1ccc(Nc2ccccc2)cc1)Nc1ccc(Cc2ccccc2)cc1. The fourth-order valence-electron chi connectivity index (χ4n) is 4.91. The van der Waals surface area contributed by atoms with Crippen molar-refractivity contribution >= 4 is 22.7 Å². The molecular weight excluding hydrogens is 518 g/mol. The summed E-state index contributed by atoms with van der Waals surface area (Å²) in [4.78, 5) is 0. The van der Waals surface area contributed by atoms with Gasteiger partial charge in [0.25, 0.3) is 0 Å². The number of rotatable bonds is 19. The van der Waals surface area contributed by atoms with Crippen molar-refractivity contribution in [3.05, 3.63) is 120 Å². The molecule has 0 bridgehead atoms. The molecule has 222 valence electrons. The lowest BCUT2D eigenvalue weighted by Gasteiger charge is -2.16. The van der Waals surface area contributed by atoms with Crippen LogP contribution in [0, 0.1) is 0 Å². The minimum absolute atomic E-state index is 0.389. The highest BCUT2D eigenvalue weighted by Gasteiger charge is 2.05. The molecule has 0 aromatic heterocycles. The van der Waals surface area contributed by atoms with Crippen molar-refractivity contribution in [2.24, 2.45) is 0 Å². The molecule has 0 aliphatic heterocycles. The van der Waals surface area contributed by atoms with Crippen LogP contribution in [0.25, 0.3) is 0 Å². The van der Waals surface area contributed by atoms with E-state index in [1.807, 2.05) is 18.2 Å². The molecule has 2 unspecified atom stereocenters. The van der Waals surface area contributed by atoms with E-state index in [2.05, 4.69) is 121 Å². The molecule has 0 spiro atoms. The highest BCUT2D eigenvalue weighted by Crippen LogP contribution is 2.20. The third kappa shape index (κ3) is 12.0. The largest absolute Gasteiger partial charge is 0.383 e. The molecule has 2 atom stereocenters. The first-order valence-corrected chi connectivity index (χ1v) is 15.4. The Morgan fingerprint density at radius 3 is 1.45 bits per heavy atom. The summed E-state index contributed by atoms with van der Waals surface area (Å²) in [6.45, 7) is 7.29. The molecular formula is C37H47N3O2. The van der Waals surface area contributed by atoms with Crippen molar-refractivity contribution in [3.63, 3.8) is 0 Å². The third-order valence-corrected chi connectivity index (χ3v) is 7.20. The zero-order chi connectivity index (χ0) is 29.2. The number of benzene rings is 4. The van der Waals surface area contributed by atoms with Gasteiger partial charge < -0.3 is 25.4 Å². The number of para-hydroxylation sites is 1. The van der Waals surface area contributed by atoms with Gasteiger partial charge in [-0.15, -0.1) is 0 Å². The van der Waals surface area contributed by atoms with E-state index < -0.39 is 0 Å². The zero-order valence-electron chi connectivity index (χ0n) is 25.2. The van der Waals surface area contributed by atoms with E-state index in [1.165, 1.54) is 16.8 Å². The van der Waals surface area contributed by atoms with Crippen molar-refractivity contribution < 1.29 is 9.47 Å². The summed E-state index contributed by atoms with van der Waals surface area (Å²) in [6.07, 6.45) is 5.16. The van der Waals surface area contributed by atoms with Crippen molar-refractivity contribution in [2.45, 2.75) is 58.0 Å². The van der Waals surface area contributed by atoms with Crippen LogP contribution in [-0.2, 0) is 15.9 Å². The Morgan fingerprint density at radius 1 is 0.476 bits per heavy atom. The van der Waals surface area contributed by atoms with Crippen LogP contribution in [0.3, 0.4) is 0 Å². The minimum atomic E-state index is 0.389. The molecule has 0 radical (unpaired) electrons. The Labute approximate surface area is 252 Å². The Balaban J connectivity index is 0.968. The Kier molecular flexibility index (Phi) is 13.3. The molecule has 0 aliphatic carbocycles. The summed E-state index contributed by atoms with van der Waals surface area (Å²) in [7, 11) is 0. The van der Waals surface area contributed by atoms with Gasteiger partial charge in [-0.2, -0.15) is 0 Å². The third-order valence-electron chi connectivity index (χ3n) is 7.20. The number of hydrogen-bond donors (Lipinski definition) is 3. The average molecular weight is 566 g/mol. The molecule has 4 rings (SSSR count). The molecule has 0 aliphatic rings. The summed E-state index contributed by atoms with van der Waals surface area (Å²) in [5.74, 6) is 0. The molecule has 5 nitrogen and oxygen atoms in total. The van der Waals surface area contributed by atoms with Crippen LogP contribution < -0.4 is 16.0 Å². The lowest BCUT2D eigenvalue weighted by molar-refractivity contribution is 0.0447. The van der Waals surface area contributed by atoms with Crippen LogP contribution in [0.4, 0.5) is 22.7 Å². The van der Waals surface area contributed by atoms with Gasteiger partial charge in [0.1, 0.15) is 0 Å². The Morgan fingerprint density at radius 2 is 0.905 bits per heavy atom. The monoisotopic (exact) mass is 565 g/mol. The summed E-state index contributed by atoms with van der Waals surface area (Å²) in [5, 5.41) is 10.6. The zero-order valence-corrected chi connectivity index (χ0v) is 25.2. The first-order valence-electron chi connectivity index (χ1n) is 15.4. The second kappa shape index (κ2) is 17.9. The van der Waals surface area contributed by atoms with E-state index in [0.717, 1.165) is 62.4 Å². The van der Waals surface area contributed by atoms with Crippen LogP contribution in [0.15, 0.2) is 109 Å². The average Bonchev–Trinajstić information content (AvgIpc) is 3.01. The molecule has 0 amide bonds. The smallest absolute Gasteiger partial charge is 0.0700 e. The van der Waals surface area contributed by atoms with Gasteiger partial charge in [-0.3, -0.25) is 0 Å². The summed E-state index contributed by atoms with van der Waals surface area (Å²) < 4.78 is 11.6. The Bertz CT molecular complexity index is 1150. The van der Waals surface area contributed by atoms with Gasteiger partial charge in [-0.1, -0.05) is 60.7 Å². The van der Waals surface area contributed by atoms with Crippen LogP contribution in [0.1, 0.15) is 50.7 Å². The first kappa shape index (κ1) is 31.1. The van der Waals surface area contributed by atoms with Gasteiger partial charge in [0.15, 0.2) is 0 Å². The fraction of sp³-hybridized carbons (Fsp3) is 0.351. The van der Waals surface area contributed by atoms with E-state index >= 15 is 0 Å². The number of nitrogens with one attached hydrogen (secondary N) is 3. The standard InChI is InChI=1S/C37H47N3O2/c1-30(38-35-19-17-33(18-20-35)29-32-13-5-3-6-14-32)11-9-25-41-27-28-42-26-10-12-31(2)39-36-21-23-37(24-22-36)40-34-15-7-4-8-16-34/h3-8,13-24,30-31,38-40H,9-12,25-29H2,1-2H3. The van der Waals surface area contributed by atoms with E-state index in [0.29, 0.717) is 25.3 Å². The van der Waals surface area contributed by atoms with Crippen LogP contribution in [0.2, 0.25) is 0 Å². The van der Waals surface area contributed by atoms with Crippen LogP contribution in [-0.4, -0.2) is 38.5 Å². The van der Waals surface area contributed by atoms with E-state index in [9.17, 15) is 0 Å². The van der Waals surface area contributed by atoms with Gasteiger partial charge in [0.05, 0.1) is 13.2 Å². The number of anilines is 4. The van der Waals surface area contributed by atoms with E-state index in [-0.39, 0.29) is 0 Å². The predicted molar refractivity (Wildman–Crippen MR) is 178 cm³/mol. The minimum Gasteiger partial charge on any atom is -0.383 e. The van der Waals surface area contributed by atoms with Crippen LogP contribution >= 0.6 is 0 Å². The summed E-state index contributed by atoms with van der Waals surface area (Å²) in [6, 6.07) is 38.9. The Hall–Kier alpha value is -3.80. The maximum atomic E-state index is 5.79.